The topological polar surface area (TPSA) is 76.1 Å². The zero-order chi connectivity index (χ0) is 21.0. The highest BCUT2D eigenvalue weighted by molar-refractivity contribution is 6.04. The van der Waals surface area contributed by atoms with E-state index >= 15 is 0 Å². The van der Waals surface area contributed by atoms with E-state index in [9.17, 15) is 4.79 Å². The Kier molecular flexibility index (Phi) is 6.12. The minimum atomic E-state index is -0.320. The fourth-order valence-corrected chi connectivity index (χ4v) is 3.08. The fourth-order valence-electron chi connectivity index (χ4n) is 3.08. The largest absolute Gasteiger partial charge is 0.495 e. The summed E-state index contributed by atoms with van der Waals surface area (Å²) < 4.78 is 5.34. The Hall–Kier alpha value is -3.41. The number of methoxy groups -OCH3 is 1. The van der Waals surface area contributed by atoms with E-state index in [1.54, 1.807) is 13.2 Å². The Labute approximate surface area is 171 Å². The third-order valence-electron chi connectivity index (χ3n) is 4.52. The Morgan fingerprint density at radius 2 is 1.76 bits per heavy atom. The summed E-state index contributed by atoms with van der Waals surface area (Å²) >= 11 is 0. The number of carbonyl (C=O) groups excluding carboxylic acids is 1. The summed E-state index contributed by atoms with van der Waals surface area (Å²) in [6, 6.07) is 15.3. The average molecular weight is 390 g/mol. The highest BCUT2D eigenvalue weighted by atomic mass is 16.5. The van der Waals surface area contributed by atoms with Crippen LogP contribution in [0.3, 0.4) is 0 Å². The molecule has 29 heavy (non-hydrogen) atoms. The van der Waals surface area contributed by atoms with E-state index in [1.165, 1.54) is 0 Å². The van der Waals surface area contributed by atoms with Crippen molar-refractivity contribution >= 4 is 23.2 Å². The second kappa shape index (κ2) is 8.73. The van der Waals surface area contributed by atoms with Crippen molar-refractivity contribution in [2.24, 2.45) is 0 Å². The van der Waals surface area contributed by atoms with Crippen molar-refractivity contribution in [2.75, 3.05) is 17.7 Å². The van der Waals surface area contributed by atoms with Gasteiger partial charge in [0.2, 0.25) is 5.95 Å². The molecule has 1 amide bonds. The first-order chi connectivity index (χ1) is 13.9. The molecule has 0 atom stereocenters. The molecular weight excluding hydrogens is 364 g/mol. The Morgan fingerprint density at radius 1 is 1.00 bits per heavy atom. The van der Waals surface area contributed by atoms with Crippen LogP contribution in [0.4, 0.5) is 17.3 Å². The molecule has 0 aliphatic rings. The Bertz CT molecular complexity index is 1030. The number of nitrogens with zero attached hydrogens (tertiary/aromatic N) is 2. The lowest BCUT2D eigenvalue weighted by atomic mass is 10.0. The lowest BCUT2D eigenvalue weighted by Gasteiger charge is -2.15. The summed E-state index contributed by atoms with van der Waals surface area (Å²) in [4.78, 5) is 21.7. The number of rotatable bonds is 6. The van der Waals surface area contributed by atoms with Crippen molar-refractivity contribution in [3.05, 3.63) is 71.0 Å². The minimum Gasteiger partial charge on any atom is -0.495 e. The van der Waals surface area contributed by atoms with Gasteiger partial charge in [-0.1, -0.05) is 38.1 Å². The molecular formula is C23H26N4O2. The molecule has 6 heteroatoms. The number of aromatic nitrogens is 2. The second-order valence-electron chi connectivity index (χ2n) is 7.24. The molecule has 2 N–H and O–H groups in total. The molecule has 3 rings (SSSR count). The maximum Gasteiger partial charge on any atom is 0.274 e. The molecule has 1 heterocycles. The van der Waals surface area contributed by atoms with Gasteiger partial charge < -0.3 is 15.4 Å². The third kappa shape index (κ3) is 4.90. The first-order valence-corrected chi connectivity index (χ1v) is 9.55. The van der Waals surface area contributed by atoms with Crippen molar-refractivity contribution in [1.29, 1.82) is 0 Å². The number of amides is 1. The van der Waals surface area contributed by atoms with E-state index in [0.29, 0.717) is 29.0 Å². The molecule has 0 spiro atoms. The summed E-state index contributed by atoms with van der Waals surface area (Å²) in [5.74, 6) is 1.01. The number of benzene rings is 2. The normalized spacial score (nSPS) is 10.7. The molecule has 150 valence electrons. The van der Waals surface area contributed by atoms with Gasteiger partial charge in [-0.3, -0.25) is 4.79 Å². The number of hydrogen-bond acceptors (Lipinski definition) is 5. The van der Waals surface area contributed by atoms with Gasteiger partial charge in [0.25, 0.3) is 5.91 Å². The van der Waals surface area contributed by atoms with Gasteiger partial charge in [-0.25, -0.2) is 9.97 Å². The van der Waals surface area contributed by atoms with Crippen LogP contribution in [0.25, 0.3) is 0 Å². The van der Waals surface area contributed by atoms with E-state index in [0.717, 1.165) is 16.8 Å². The van der Waals surface area contributed by atoms with Gasteiger partial charge >= 0.3 is 0 Å². The van der Waals surface area contributed by atoms with Gasteiger partial charge in [0.15, 0.2) is 0 Å². The summed E-state index contributed by atoms with van der Waals surface area (Å²) in [7, 11) is 1.57. The van der Waals surface area contributed by atoms with E-state index in [2.05, 4.69) is 40.5 Å². The van der Waals surface area contributed by atoms with Gasteiger partial charge in [0, 0.05) is 11.4 Å². The number of aryl methyl sites for hydroxylation is 2. The smallest absolute Gasteiger partial charge is 0.274 e. The Morgan fingerprint density at radius 3 is 2.48 bits per heavy atom. The number of anilines is 3. The van der Waals surface area contributed by atoms with Gasteiger partial charge in [-0.2, -0.15) is 0 Å². The number of nitrogens with one attached hydrogen (secondary N) is 2. The lowest BCUT2D eigenvalue weighted by molar-refractivity contribution is 0.102. The van der Waals surface area contributed by atoms with Crippen LogP contribution < -0.4 is 15.4 Å². The molecule has 0 saturated carbocycles. The highest BCUT2D eigenvalue weighted by Crippen LogP contribution is 2.27. The maximum absolute atomic E-state index is 12.8. The third-order valence-corrected chi connectivity index (χ3v) is 4.52. The van der Waals surface area contributed by atoms with Gasteiger partial charge in [-0.15, -0.1) is 0 Å². The van der Waals surface area contributed by atoms with Crippen molar-refractivity contribution in [3.8, 4) is 5.75 Å². The molecule has 0 aliphatic heterocycles. The van der Waals surface area contributed by atoms with Crippen LogP contribution in [0.2, 0.25) is 0 Å². The predicted molar refractivity (Wildman–Crippen MR) is 116 cm³/mol. The molecule has 0 bridgehead atoms. The van der Waals surface area contributed by atoms with Gasteiger partial charge in [0.05, 0.1) is 12.8 Å². The van der Waals surface area contributed by atoms with Gasteiger partial charge in [-0.05, 0) is 55.2 Å². The summed E-state index contributed by atoms with van der Waals surface area (Å²) in [5.41, 5.74) is 4.70. The fraction of sp³-hybridized carbons (Fsp3) is 0.261. The monoisotopic (exact) mass is 390 g/mol. The number of carbonyl (C=O) groups is 1. The zero-order valence-electron chi connectivity index (χ0n) is 17.4. The molecule has 0 unspecified atom stereocenters. The van der Waals surface area contributed by atoms with Crippen LogP contribution in [-0.2, 0) is 0 Å². The molecule has 0 aliphatic carbocycles. The number of para-hydroxylation sites is 1. The molecule has 2 aromatic carbocycles. The van der Waals surface area contributed by atoms with Crippen LogP contribution in [0.15, 0.2) is 48.5 Å². The van der Waals surface area contributed by atoms with Crippen LogP contribution in [0, 0.1) is 13.8 Å². The van der Waals surface area contributed by atoms with E-state index in [1.807, 2.05) is 50.2 Å². The molecule has 0 radical (unpaired) electrons. The first kappa shape index (κ1) is 20.3. The molecule has 6 nitrogen and oxygen atoms in total. The summed E-state index contributed by atoms with van der Waals surface area (Å²) in [5, 5.41) is 6.14. The number of hydrogen-bond donors (Lipinski definition) is 2. The summed E-state index contributed by atoms with van der Waals surface area (Å²) in [6.07, 6.45) is 0. The molecule has 1 aromatic heterocycles. The van der Waals surface area contributed by atoms with Crippen LogP contribution in [0.1, 0.15) is 47.1 Å². The Balaban J connectivity index is 1.88. The van der Waals surface area contributed by atoms with Crippen molar-refractivity contribution in [3.63, 3.8) is 0 Å². The molecule has 0 fully saturated rings. The van der Waals surface area contributed by atoms with E-state index in [4.69, 9.17) is 4.74 Å². The maximum atomic E-state index is 12.8. The van der Waals surface area contributed by atoms with Crippen LogP contribution in [-0.4, -0.2) is 23.0 Å². The minimum absolute atomic E-state index is 0.283. The summed E-state index contributed by atoms with van der Waals surface area (Å²) in [6.45, 7) is 8.06. The highest BCUT2D eigenvalue weighted by Gasteiger charge is 2.15. The molecule has 0 saturated heterocycles. The second-order valence-corrected chi connectivity index (χ2v) is 7.24. The van der Waals surface area contributed by atoms with Crippen LogP contribution in [0.5, 0.6) is 5.75 Å². The SMILES string of the molecule is COc1ccc(C)cc1NC(=O)c1cc(C)nc(Nc2ccccc2C(C)C)n1. The van der Waals surface area contributed by atoms with Crippen molar-refractivity contribution < 1.29 is 9.53 Å². The number of ether oxygens (including phenoxy) is 1. The molecule has 3 aromatic rings. The standard InChI is InChI=1S/C23H26N4O2/c1-14(2)17-8-6-7-9-18(17)26-23-24-16(4)13-20(27-23)22(28)25-19-12-15(3)10-11-21(19)29-5/h6-14H,1-5H3,(H,25,28)(H,24,26,27). The lowest BCUT2D eigenvalue weighted by Crippen LogP contribution is -2.16. The van der Waals surface area contributed by atoms with E-state index in [-0.39, 0.29) is 11.6 Å². The zero-order valence-corrected chi connectivity index (χ0v) is 17.4. The van der Waals surface area contributed by atoms with E-state index < -0.39 is 0 Å². The van der Waals surface area contributed by atoms with Crippen molar-refractivity contribution in [1.82, 2.24) is 9.97 Å². The first-order valence-electron chi connectivity index (χ1n) is 9.55. The van der Waals surface area contributed by atoms with Gasteiger partial charge in [0.1, 0.15) is 11.4 Å². The predicted octanol–water partition coefficient (Wildman–Crippen LogP) is 5.22. The van der Waals surface area contributed by atoms with Crippen LogP contribution >= 0.6 is 0 Å². The average Bonchev–Trinajstić information content (AvgIpc) is 2.68. The quantitative estimate of drug-likeness (QED) is 0.603. The van der Waals surface area contributed by atoms with Crippen molar-refractivity contribution in [2.45, 2.75) is 33.6 Å².